The quantitative estimate of drug-likeness (QED) is 0.547. The van der Waals surface area contributed by atoms with Gasteiger partial charge in [0.05, 0.1) is 11.3 Å². The van der Waals surface area contributed by atoms with Crippen LogP contribution in [0.1, 0.15) is 5.56 Å². The van der Waals surface area contributed by atoms with Crippen LogP contribution in [0.4, 0.5) is 5.69 Å². The fraction of sp³-hybridized carbons (Fsp3) is 0.0714. The number of para-hydroxylation sites is 1. The lowest BCUT2D eigenvalue weighted by Crippen LogP contribution is -1.90. The van der Waals surface area contributed by atoms with E-state index in [1.807, 2.05) is 19.1 Å². The van der Waals surface area contributed by atoms with Crippen molar-refractivity contribution in [2.24, 2.45) is 0 Å². The molecular weight excluding hydrogens is 256 g/mol. The first-order valence-electron chi connectivity index (χ1n) is 6.00. The van der Waals surface area contributed by atoms with Crippen LogP contribution in [-0.2, 0) is 0 Å². The maximum Gasteiger partial charge on any atom is 0.262 e. The van der Waals surface area contributed by atoms with Crippen LogP contribution < -0.4 is 5.73 Å². The topological polar surface area (TPSA) is 98.1 Å². The number of phenols is 1. The first kappa shape index (κ1) is 12.2. The van der Waals surface area contributed by atoms with Crippen molar-refractivity contribution in [3.05, 3.63) is 42.1 Å². The predicted octanol–water partition coefficient (Wildman–Crippen LogP) is 2.39. The number of phenolic OH excluding ortho intramolecular Hbond substituents is 1. The van der Waals surface area contributed by atoms with Crippen molar-refractivity contribution in [3.8, 4) is 28.7 Å². The van der Waals surface area contributed by atoms with Gasteiger partial charge >= 0.3 is 0 Å². The zero-order chi connectivity index (χ0) is 14.1. The molecule has 6 heteroatoms. The lowest BCUT2D eigenvalue weighted by atomic mass is 10.1. The van der Waals surface area contributed by atoms with Crippen molar-refractivity contribution < 1.29 is 9.63 Å². The summed E-state index contributed by atoms with van der Waals surface area (Å²) in [5, 5.41) is 13.8. The number of pyridine rings is 1. The number of aryl methyl sites for hydroxylation is 1. The van der Waals surface area contributed by atoms with Gasteiger partial charge in [-0.15, -0.1) is 0 Å². The minimum atomic E-state index is -0.0690. The van der Waals surface area contributed by atoms with E-state index < -0.39 is 0 Å². The average molecular weight is 268 g/mol. The SMILES string of the molecule is Cc1cccnc1-c1noc(-c2cccc(N)c2O)n1. The number of rotatable bonds is 2. The molecule has 0 radical (unpaired) electrons. The van der Waals surface area contributed by atoms with Crippen LogP contribution in [0.2, 0.25) is 0 Å². The summed E-state index contributed by atoms with van der Waals surface area (Å²) in [6.45, 7) is 1.91. The van der Waals surface area contributed by atoms with Gasteiger partial charge in [0.15, 0.2) is 5.75 Å². The molecule has 2 aromatic heterocycles. The van der Waals surface area contributed by atoms with Crippen molar-refractivity contribution in [1.82, 2.24) is 15.1 Å². The van der Waals surface area contributed by atoms with E-state index in [9.17, 15) is 5.11 Å². The number of anilines is 1. The summed E-state index contributed by atoms with van der Waals surface area (Å²) in [6.07, 6.45) is 1.66. The van der Waals surface area contributed by atoms with Gasteiger partial charge in [0.2, 0.25) is 5.82 Å². The van der Waals surface area contributed by atoms with Gasteiger partial charge in [-0.1, -0.05) is 17.3 Å². The van der Waals surface area contributed by atoms with Gasteiger partial charge in [0.1, 0.15) is 5.69 Å². The fourth-order valence-corrected chi connectivity index (χ4v) is 1.88. The Balaban J connectivity index is 2.07. The van der Waals surface area contributed by atoms with Crippen LogP contribution in [0.15, 0.2) is 41.1 Å². The molecule has 0 aliphatic carbocycles. The minimum absolute atomic E-state index is 0.0690. The van der Waals surface area contributed by atoms with Crippen molar-refractivity contribution >= 4 is 5.69 Å². The first-order chi connectivity index (χ1) is 9.66. The summed E-state index contributed by atoms with van der Waals surface area (Å²) in [4.78, 5) is 8.48. The van der Waals surface area contributed by atoms with E-state index in [-0.39, 0.29) is 17.3 Å². The second-order valence-corrected chi connectivity index (χ2v) is 4.34. The number of nitrogens with two attached hydrogens (primary N) is 1. The van der Waals surface area contributed by atoms with Crippen molar-refractivity contribution in [2.45, 2.75) is 6.92 Å². The monoisotopic (exact) mass is 268 g/mol. The lowest BCUT2D eigenvalue weighted by Gasteiger charge is -2.01. The van der Waals surface area contributed by atoms with Crippen LogP contribution in [0.25, 0.3) is 23.0 Å². The van der Waals surface area contributed by atoms with Gasteiger partial charge in [0.25, 0.3) is 5.89 Å². The Morgan fingerprint density at radius 2 is 2.05 bits per heavy atom. The molecule has 0 atom stereocenters. The third-order valence-electron chi connectivity index (χ3n) is 2.94. The van der Waals surface area contributed by atoms with E-state index in [4.69, 9.17) is 10.3 Å². The summed E-state index contributed by atoms with van der Waals surface area (Å²) in [7, 11) is 0. The summed E-state index contributed by atoms with van der Waals surface area (Å²) in [5.74, 6) is 0.509. The highest BCUT2D eigenvalue weighted by atomic mass is 16.5. The molecule has 0 saturated heterocycles. The molecular formula is C14H12N4O2. The standard InChI is InChI=1S/C14H12N4O2/c1-8-4-3-7-16-11(8)13-17-14(20-18-13)9-5-2-6-10(15)12(9)19/h2-7,19H,15H2,1H3. The smallest absolute Gasteiger partial charge is 0.262 e. The Kier molecular flexibility index (Phi) is 2.83. The number of aromatic hydroxyl groups is 1. The Hall–Kier alpha value is -2.89. The Morgan fingerprint density at radius 1 is 1.20 bits per heavy atom. The van der Waals surface area contributed by atoms with Gasteiger partial charge < -0.3 is 15.4 Å². The maximum absolute atomic E-state index is 9.92. The zero-order valence-corrected chi connectivity index (χ0v) is 10.7. The molecule has 0 fully saturated rings. The van der Waals surface area contributed by atoms with Crippen LogP contribution in [0, 0.1) is 6.92 Å². The normalized spacial score (nSPS) is 10.7. The Labute approximate surface area is 114 Å². The van der Waals surface area contributed by atoms with E-state index >= 15 is 0 Å². The van der Waals surface area contributed by atoms with Crippen molar-refractivity contribution in [3.63, 3.8) is 0 Å². The van der Waals surface area contributed by atoms with Crippen molar-refractivity contribution in [2.75, 3.05) is 5.73 Å². The molecule has 0 aliphatic heterocycles. The molecule has 0 spiro atoms. The first-order valence-corrected chi connectivity index (χ1v) is 6.00. The molecule has 0 bridgehead atoms. The van der Waals surface area contributed by atoms with Gasteiger partial charge in [-0.2, -0.15) is 4.98 Å². The number of hydrogen-bond acceptors (Lipinski definition) is 6. The highest BCUT2D eigenvalue weighted by Crippen LogP contribution is 2.33. The number of nitrogen functional groups attached to an aromatic ring is 1. The van der Waals surface area contributed by atoms with E-state index in [2.05, 4.69) is 15.1 Å². The molecule has 20 heavy (non-hydrogen) atoms. The van der Waals surface area contributed by atoms with Gasteiger partial charge in [-0.05, 0) is 30.7 Å². The van der Waals surface area contributed by atoms with Gasteiger partial charge in [-0.25, -0.2) is 0 Å². The van der Waals surface area contributed by atoms with Crippen molar-refractivity contribution in [1.29, 1.82) is 0 Å². The molecule has 0 aliphatic rings. The number of hydrogen-bond donors (Lipinski definition) is 2. The lowest BCUT2D eigenvalue weighted by molar-refractivity contribution is 0.426. The zero-order valence-electron chi connectivity index (χ0n) is 10.7. The Morgan fingerprint density at radius 3 is 2.85 bits per heavy atom. The van der Waals surface area contributed by atoms with Crippen LogP contribution in [0.5, 0.6) is 5.75 Å². The molecule has 0 amide bonds. The van der Waals surface area contributed by atoms with Gasteiger partial charge in [0, 0.05) is 6.20 Å². The van der Waals surface area contributed by atoms with Crippen LogP contribution in [0.3, 0.4) is 0 Å². The largest absolute Gasteiger partial charge is 0.505 e. The van der Waals surface area contributed by atoms with Crippen LogP contribution in [-0.4, -0.2) is 20.2 Å². The third-order valence-corrected chi connectivity index (χ3v) is 2.94. The summed E-state index contributed by atoms with van der Waals surface area (Å²) >= 11 is 0. The average Bonchev–Trinajstić information content (AvgIpc) is 2.92. The Bertz CT molecular complexity index is 767. The van der Waals surface area contributed by atoms with E-state index in [0.29, 0.717) is 17.1 Å². The predicted molar refractivity (Wildman–Crippen MR) is 73.8 cm³/mol. The molecule has 6 nitrogen and oxygen atoms in total. The molecule has 3 N–H and O–H groups in total. The highest BCUT2D eigenvalue weighted by molar-refractivity contribution is 5.72. The van der Waals surface area contributed by atoms with Gasteiger partial charge in [-0.3, -0.25) is 4.98 Å². The second-order valence-electron chi connectivity index (χ2n) is 4.34. The summed E-state index contributed by atoms with van der Waals surface area (Å²) < 4.78 is 5.18. The molecule has 3 rings (SSSR count). The fourth-order valence-electron chi connectivity index (χ4n) is 1.88. The maximum atomic E-state index is 9.92. The van der Waals surface area contributed by atoms with E-state index in [0.717, 1.165) is 5.56 Å². The molecule has 0 unspecified atom stereocenters. The van der Waals surface area contributed by atoms with E-state index in [1.54, 1.807) is 24.4 Å². The summed E-state index contributed by atoms with van der Waals surface area (Å²) in [6, 6.07) is 8.72. The number of aromatic nitrogens is 3. The van der Waals surface area contributed by atoms with E-state index in [1.165, 1.54) is 0 Å². The molecule has 3 aromatic rings. The third kappa shape index (κ3) is 1.97. The molecule has 2 heterocycles. The number of benzene rings is 1. The minimum Gasteiger partial charge on any atom is -0.505 e. The number of nitrogens with zero attached hydrogens (tertiary/aromatic N) is 3. The molecule has 100 valence electrons. The summed E-state index contributed by atoms with van der Waals surface area (Å²) in [5.41, 5.74) is 7.89. The highest BCUT2D eigenvalue weighted by Gasteiger charge is 2.16. The molecule has 0 saturated carbocycles. The second kappa shape index (κ2) is 4.65. The molecule has 1 aromatic carbocycles. The van der Waals surface area contributed by atoms with Crippen LogP contribution >= 0.6 is 0 Å².